The van der Waals surface area contributed by atoms with Crippen LogP contribution in [0.5, 0.6) is 0 Å². The number of aliphatic hydroxyl groups is 1. The summed E-state index contributed by atoms with van der Waals surface area (Å²) in [6.07, 6.45) is 7.05. The molecule has 1 fully saturated rings. The Morgan fingerprint density at radius 1 is 1.07 bits per heavy atom. The standard InChI is InChI=1S/C34H32F3NO3S/c1-23-18-28(20-29-21-38-17-16-32(23)29)26-11-14-31(15-12-26)42(40,41)22-25-8-10-27(33(39)19-25)6-2-4-24-5-3-7-30(13-9-24)34(35,36)37/h5,7,9,11-18,20-22,27,33,39H,2,4,6,8,10,19H2,1H3/b25-22+/t27-,33+/m1/s1. The van der Waals surface area contributed by atoms with Crippen molar-refractivity contribution in [3.63, 3.8) is 0 Å². The number of halogens is 3. The largest absolute Gasteiger partial charge is 0.417 e. The van der Waals surface area contributed by atoms with Crippen molar-refractivity contribution in [2.24, 2.45) is 5.92 Å². The number of aliphatic hydroxyl groups excluding tert-OH is 1. The quantitative estimate of drug-likeness (QED) is 0.281. The molecule has 1 aromatic heterocycles. The van der Waals surface area contributed by atoms with Crippen LogP contribution in [0.4, 0.5) is 13.2 Å². The third kappa shape index (κ3) is 7.01. The third-order valence-electron chi connectivity index (χ3n) is 8.00. The molecular formula is C34H32F3NO3S. The summed E-state index contributed by atoms with van der Waals surface area (Å²) in [5.41, 5.74) is 6.32. The van der Waals surface area contributed by atoms with E-state index < -0.39 is 27.7 Å². The molecule has 3 aromatic rings. The van der Waals surface area contributed by atoms with Gasteiger partial charge >= 0.3 is 6.18 Å². The molecule has 8 heteroatoms. The second kappa shape index (κ2) is 12.3. The number of aromatic nitrogens is 1. The van der Waals surface area contributed by atoms with Crippen LogP contribution in [0, 0.1) is 12.8 Å². The van der Waals surface area contributed by atoms with Crippen molar-refractivity contribution in [1.82, 2.24) is 4.98 Å². The van der Waals surface area contributed by atoms with Crippen molar-refractivity contribution < 1.29 is 26.7 Å². The first-order valence-electron chi connectivity index (χ1n) is 14.0. The maximum atomic E-state index is 13.2. The Balaban J connectivity index is 1.19. The Kier molecular flexibility index (Phi) is 8.69. The van der Waals surface area contributed by atoms with Crippen molar-refractivity contribution in [1.29, 1.82) is 0 Å². The van der Waals surface area contributed by atoms with Crippen LogP contribution >= 0.6 is 0 Å². The predicted octanol–water partition coefficient (Wildman–Crippen LogP) is 8.34. The molecule has 2 atom stereocenters. The molecule has 2 aliphatic rings. The SMILES string of the molecule is Cc1cc(-c2ccc(S(=O)(=O)/C=C3\CC[C@@H](CCCC4=CC=C(C(F)(F)F)C=C=C4)[C@@H](O)C3)cc2)cc2cnccc12. The molecule has 0 aliphatic heterocycles. The number of benzene rings is 2. The molecule has 0 bridgehead atoms. The molecule has 218 valence electrons. The van der Waals surface area contributed by atoms with E-state index in [1.165, 1.54) is 11.5 Å². The Bertz CT molecular complexity index is 1740. The lowest BCUT2D eigenvalue weighted by atomic mass is 9.81. The van der Waals surface area contributed by atoms with Gasteiger partial charge in [0.25, 0.3) is 0 Å². The zero-order chi connectivity index (χ0) is 29.9. The second-order valence-corrected chi connectivity index (χ2v) is 12.8. The number of alkyl halides is 3. The van der Waals surface area contributed by atoms with E-state index in [-0.39, 0.29) is 17.2 Å². The zero-order valence-electron chi connectivity index (χ0n) is 23.2. The van der Waals surface area contributed by atoms with Gasteiger partial charge in [0, 0.05) is 23.2 Å². The highest BCUT2D eigenvalue weighted by Gasteiger charge is 2.31. The molecule has 0 unspecified atom stereocenters. The smallest absolute Gasteiger partial charge is 0.393 e. The van der Waals surface area contributed by atoms with Crippen LogP contribution in [0.1, 0.15) is 44.1 Å². The Morgan fingerprint density at radius 2 is 1.86 bits per heavy atom. The molecule has 4 nitrogen and oxygen atoms in total. The van der Waals surface area contributed by atoms with Gasteiger partial charge in [-0.25, -0.2) is 8.42 Å². The fourth-order valence-electron chi connectivity index (χ4n) is 5.67. The first-order chi connectivity index (χ1) is 20.0. The van der Waals surface area contributed by atoms with Crippen LogP contribution < -0.4 is 0 Å². The van der Waals surface area contributed by atoms with E-state index in [1.807, 2.05) is 37.4 Å². The first-order valence-corrected chi connectivity index (χ1v) is 15.5. The van der Waals surface area contributed by atoms with Crippen LogP contribution in [-0.4, -0.2) is 30.8 Å². The molecule has 2 aliphatic carbocycles. The van der Waals surface area contributed by atoms with E-state index in [1.54, 1.807) is 24.4 Å². The number of allylic oxidation sites excluding steroid dienone is 5. The summed E-state index contributed by atoms with van der Waals surface area (Å²) in [4.78, 5) is 4.41. The maximum absolute atomic E-state index is 13.2. The van der Waals surface area contributed by atoms with Crippen LogP contribution in [-0.2, 0) is 9.84 Å². The second-order valence-electron chi connectivity index (χ2n) is 11.0. The molecule has 5 rings (SSSR count). The summed E-state index contributed by atoms with van der Waals surface area (Å²) in [7, 11) is -3.68. The van der Waals surface area contributed by atoms with Crippen molar-refractivity contribution in [2.45, 2.75) is 62.6 Å². The fourth-order valence-corrected chi connectivity index (χ4v) is 6.97. The first kappa shape index (κ1) is 29.8. The van der Waals surface area contributed by atoms with Gasteiger partial charge in [-0.05, 0) is 122 Å². The van der Waals surface area contributed by atoms with Crippen LogP contribution in [0.25, 0.3) is 21.9 Å². The maximum Gasteiger partial charge on any atom is 0.417 e. The zero-order valence-corrected chi connectivity index (χ0v) is 24.0. The topological polar surface area (TPSA) is 67.3 Å². The summed E-state index contributed by atoms with van der Waals surface area (Å²) in [6.45, 7) is 2.04. The fraction of sp³-hybridized carbons (Fsp3) is 0.294. The van der Waals surface area contributed by atoms with Gasteiger partial charge in [0.05, 0.1) is 16.6 Å². The Labute approximate surface area is 244 Å². The predicted molar refractivity (Wildman–Crippen MR) is 159 cm³/mol. The van der Waals surface area contributed by atoms with Crippen molar-refractivity contribution >= 4 is 20.6 Å². The van der Waals surface area contributed by atoms with Crippen LogP contribution in [0.2, 0.25) is 0 Å². The molecule has 2 aromatic carbocycles. The third-order valence-corrected chi connectivity index (χ3v) is 9.57. The monoisotopic (exact) mass is 591 g/mol. The minimum absolute atomic E-state index is 0.0110. The van der Waals surface area contributed by atoms with E-state index in [0.717, 1.165) is 45.2 Å². The van der Waals surface area contributed by atoms with Gasteiger partial charge in [-0.3, -0.25) is 4.98 Å². The van der Waals surface area contributed by atoms with Crippen LogP contribution in [0.3, 0.4) is 0 Å². The summed E-state index contributed by atoms with van der Waals surface area (Å²) >= 11 is 0. The van der Waals surface area contributed by atoms with Gasteiger partial charge in [-0.1, -0.05) is 29.8 Å². The number of hydrogen-bond donors (Lipinski definition) is 1. The molecule has 0 spiro atoms. The average Bonchev–Trinajstić information content (AvgIpc) is 3.20. The molecule has 1 saturated carbocycles. The summed E-state index contributed by atoms with van der Waals surface area (Å²) < 4.78 is 65.0. The van der Waals surface area contributed by atoms with Crippen molar-refractivity contribution in [3.05, 3.63) is 113 Å². The Hall–Kier alpha value is -3.71. The van der Waals surface area contributed by atoms with Crippen molar-refractivity contribution in [2.75, 3.05) is 0 Å². The summed E-state index contributed by atoms with van der Waals surface area (Å²) in [5, 5.41) is 14.2. The van der Waals surface area contributed by atoms with Gasteiger partial charge in [0.1, 0.15) is 0 Å². The van der Waals surface area contributed by atoms with Crippen molar-refractivity contribution in [3.8, 4) is 11.1 Å². The number of hydrogen-bond acceptors (Lipinski definition) is 4. The molecule has 0 saturated heterocycles. The lowest BCUT2D eigenvalue weighted by molar-refractivity contribution is -0.0881. The normalized spacial score (nSPS) is 20.5. The van der Waals surface area contributed by atoms with E-state index in [0.29, 0.717) is 37.7 Å². The van der Waals surface area contributed by atoms with E-state index in [4.69, 9.17) is 0 Å². The van der Waals surface area contributed by atoms with E-state index >= 15 is 0 Å². The van der Waals surface area contributed by atoms with Gasteiger partial charge in [-0.15, -0.1) is 5.73 Å². The number of rotatable bonds is 7. The van der Waals surface area contributed by atoms with E-state index in [2.05, 4.69) is 16.8 Å². The molecule has 1 N–H and O–H groups in total. The molecule has 0 radical (unpaired) electrons. The lowest BCUT2D eigenvalue weighted by Crippen LogP contribution is -2.26. The number of fused-ring (bicyclic) bond motifs is 1. The summed E-state index contributed by atoms with van der Waals surface area (Å²) in [5.74, 6) is 0.0110. The number of pyridine rings is 1. The molecular weight excluding hydrogens is 559 g/mol. The van der Waals surface area contributed by atoms with Gasteiger partial charge in [0.2, 0.25) is 0 Å². The van der Waals surface area contributed by atoms with Gasteiger partial charge in [0.15, 0.2) is 9.84 Å². The van der Waals surface area contributed by atoms with E-state index in [9.17, 15) is 26.7 Å². The Morgan fingerprint density at radius 3 is 2.60 bits per heavy atom. The lowest BCUT2D eigenvalue weighted by Gasteiger charge is -2.29. The molecule has 0 amide bonds. The minimum Gasteiger partial charge on any atom is -0.393 e. The highest BCUT2D eigenvalue weighted by atomic mass is 32.2. The van der Waals surface area contributed by atoms with Gasteiger partial charge < -0.3 is 5.11 Å². The number of sulfone groups is 1. The van der Waals surface area contributed by atoms with Crippen LogP contribution in [0.15, 0.2) is 112 Å². The molecule has 1 heterocycles. The average molecular weight is 592 g/mol. The number of aryl methyl sites for hydroxylation is 1. The number of nitrogens with zero attached hydrogens (tertiary/aromatic N) is 1. The molecule has 42 heavy (non-hydrogen) atoms. The highest BCUT2D eigenvalue weighted by molar-refractivity contribution is 7.94. The summed E-state index contributed by atoms with van der Waals surface area (Å²) in [6, 6.07) is 12.9. The van der Waals surface area contributed by atoms with Gasteiger partial charge in [-0.2, -0.15) is 13.2 Å². The highest BCUT2D eigenvalue weighted by Crippen LogP contribution is 2.35. The minimum atomic E-state index is -4.41.